The van der Waals surface area contributed by atoms with E-state index in [0.29, 0.717) is 12.1 Å². The molecule has 0 aromatic heterocycles. The summed E-state index contributed by atoms with van der Waals surface area (Å²) in [4.78, 5) is 27.6. The van der Waals surface area contributed by atoms with E-state index >= 15 is 0 Å². The molecule has 3 aromatic rings. The van der Waals surface area contributed by atoms with E-state index in [2.05, 4.69) is 5.32 Å². The Kier molecular flexibility index (Phi) is 6.63. The number of hydrogen-bond donors (Lipinski definition) is 1. The number of carbonyl (C=O) groups excluding carboxylic acids is 2. The average Bonchev–Trinajstić information content (AvgIpc) is 2.78. The van der Waals surface area contributed by atoms with Crippen molar-refractivity contribution in [1.82, 2.24) is 10.2 Å². The molecule has 1 N–H and O–H groups in total. The Morgan fingerprint density at radius 1 is 0.931 bits per heavy atom. The van der Waals surface area contributed by atoms with Crippen molar-refractivity contribution >= 4 is 11.8 Å². The molecule has 0 saturated heterocycles. The molecule has 0 aliphatic heterocycles. The Hall–Kier alpha value is -3.60. The SMILES string of the molecule is COc1cccc(CN(C)C(=O)C(NC(=O)c2ccccc2)c2ccccc2)c1. The number of carbonyl (C=O) groups is 2. The van der Waals surface area contributed by atoms with Gasteiger partial charge in [-0.3, -0.25) is 9.59 Å². The van der Waals surface area contributed by atoms with Gasteiger partial charge in [0.1, 0.15) is 11.8 Å². The summed E-state index contributed by atoms with van der Waals surface area (Å²) in [6, 6.07) is 24.9. The van der Waals surface area contributed by atoms with Crippen molar-refractivity contribution in [2.24, 2.45) is 0 Å². The first-order valence-corrected chi connectivity index (χ1v) is 9.37. The molecule has 29 heavy (non-hydrogen) atoms. The topological polar surface area (TPSA) is 58.6 Å². The third-order valence-corrected chi connectivity index (χ3v) is 4.62. The lowest BCUT2D eigenvalue weighted by molar-refractivity contribution is -0.132. The number of nitrogens with one attached hydrogen (secondary N) is 1. The van der Waals surface area contributed by atoms with Crippen LogP contribution in [-0.2, 0) is 11.3 Å². The zero-order valence-electron chi connectivity index (χ0n) is 16.5. The highest BCUT2D eigenvalue weighted by atomic mass is 16.5. The first kappa shape index (κ1) is 20.1. The maximum atomic E-state index is 13.2. The standard InChI is InChI=1S/C24H24N2O3/c1-26(17-18-10-9-15-21(16-18)29-2)24(28)22(19-11-5-3-6-12-19)25-23(27)20-13-7-4-8-14-20/h3-16,22H,17H2,1-2H3,(H,25,27). The molecular formula is C24H24N2O3. The normalized spacial score (nSPS) is 11.4. The molecule has 0 aliphatic rings. The van der Waals surface area contributed by atoms with Crippen molar-refractivity contribution in [3.05, 3.63) is 102 Å². The van der Waals surface area contributed by atoms with Crippen LogP contribution in [0.1, 0.15) is 27.5 Å². The highest BCUT2D eigenvalue weighted by Crippen LogP contribution is 2.19. The van der Waals surface area contributed by atoms with Gasteiger partial charge in [0.25, 0.3) is 5.91 Å². The van der Waals surface area contributed by atoms with E-state index in [9.17, 15) is 9.59 Å². The summed E-state index contributed by atoms with van der Waals surface area (Å²) in [5.74, 6) is 0.256. The molecule has 3 aromatic carbocycles. The molecule has 0 spiro atoms. The molecule has 1 atom stereocenters. The molecule has 0 saturated carbocycles. The van der Waals surface area contributed by atoms with Crippen LogP contribution in [0.2, 0.25) is 0 Å². The molecule has 3 rings (SSSR count). The summed E-state index contributed by atoms with van der Waals surface area (Å²) in [5.41, 5.74) is 2.19. The Morgan fingerprint density at radius 2 is 1.59 bits per heavy atom. The molecule has 0 fully saturated rings. The first-order valence-electron chi connectivity index (χ1n) is 9.37. The van der Waals surface area contributed by atoms with Gasteiger partial charge in [-0.25, -0.2) is 0 Å². The van der Waals surface area contributed by atoms with Crippen LogP contribution in [0.15, 0.2) is 84.9 Å². The number of hydrogen-bond acceptors (Lipinski definition) is 3. The van der Waals surface area contributed by atoms with Gasteiger partial charge < -0.3 is 15.0 Å². The van der Waals surface area contributed by atoms with Crippen LogP contribution in [0.4, 0.5) is 0 Å². The minimum absolute atomic E-state index is 0.191. The molecule has 0 heterocycles. The smallest absolute Gasteiger partial charge is 0.252 e. The number of rotatable bonds is 7. The number of likely N-dealkylation sites (N-methyl/N-ethyl adjacent to an activating group) is 1. The first-order chi connectivity index (χ1) is 14.1. The third kappa shape index (κ3) is 5.23. The van der Waals surface area contributed by atoms with E-state index < -0.39 is 6.04 Å². The highest BCUT2D eigenvalue weighted by molar-refractivity contribution is 5.97. The maximum absolute atomic E-state index is 13.2. The lowest BCUT2D eigenvalue weighted by Gasteiger charge is -2.25. The fraction of sp³-hybridized carbons (Fsp3) is 0.167. The van der Waals surface area contributed by atoms with E-state index in [1.807, 2.05) is 60.7 Å². The Morgan fingerprint density at radius 3 is 2.24 bits per heavy atom. The van der Waals surface area contributed by atoms with Crippen molar-refractivity contribution in [2.45, 2.75) is 12.6 Å². The predicted octanol–water partition coefficient (Wildman–Crippen LogP) is 3.82. The molecule has 0 radical (unpaired) electrons. The fourth-order valence-corrected chi connectivity index (χ4v) is 3.08. The van der Waals surface area contributed by atoms with Crippen molar-refractivity contribution in [3.63, 3.8) is 0 Å². The third-order valence-electron chi connectivity index (χ3n) is 4.62. The molecule has 2 amide bonds. The number of nitrogens with zero attached hydrogens (tertiary/aromatic N) is 1. The van der Waals surface area contributed by atoms with Gasteiger partial charge in [-0.2, -0.15) is 0 Å². The van der Waals surface area contributed by atoms with E-state index in [1.165, 1.54) is 0 Å². The summed E-state index contributed by atoms with van der Waals surface area (Å²) < 4.78 is 5.25. The van der Waals surface area contributed by atoms with Crippen LogP contribution in [-0.4, -0.2) is 30.9 Å². The second-order valence-electron chi connectivity index (χ2n) is 6.73. The van der Waals surface area contributed by atoms with E-state index in [0.717, 1.165) is 16.9 Å². The monoisotopic (exact) mass is 388 g/mol. The van der Waals surface area contributed by atoms with Crippen LogP contribution >= 0.6 is 0 Å². The van der Waals surface area contributed by atoms with Crippen LogP contribution in [0.5, 0.6) is 5.75 Å². The van der Waals surface area contributed by atoms with Gasteiger partial charge in [-0.05, 0) is 35.4 Å². The van der Waals surface area contributed by atoms with Crippen LogP contribution in [0.25, 0.3) is 0 Å². The summed E-state index contributed by atoms with van der Waals surface area (Å²) in [6.07, 6.45) is 0. The van der Waals surface area contributed by atoms with Crippen molar-refractivity contribution in [1.29, 1.82) is 0 Å². The minimum atomic E-state index is -0.778. The molecule has 5 nitrogen and oxygen atoms in total. The minimum Gasteiger partial charge on any atom is -0.497 e. The molecule has 148 valence electrons. The molecule has 0 aliphatic carbocycles. The van der Waals surface area contributed by atoms with Gasteiger partial charge in [-0.15, -0.1) is 0 Å². The summed E-state index contributed by atoms with van der Waals surface area (Å²) >= 11 is 0. The van der Waals surface area contributed by atoms with Crippen LogP contribution < -0.4 is 10.1 Å². The predicted molar refractivity (Wildman–Crippen MR) is 113 cm³/mol. The van der Waals surface area contributed by atoms with Crippen molar-refractivity contribution in [3.8, 4) is 5.75 Å². The van der Waals surface area contributed by atoms with Crippen LogP contribution in [0.3, 0.4) is 0 Å². The second kappa shape index (κ2) is 9.55. The Bertz CT molecular complexity index is 958. The molecule has 5 heteroatoms. The van der Waals surface area contributed by atoms with Gasteiger partial charge in [0.2, 0.25) is 5.91 Å². The fourth-order valence-electron chi connectivity index (χ4n) is 3.08. The van der Waals surface area contributed by atoms with E-state index in [-0.39, 0.29) is 11.8 Å². The van der Waals surface area contributed by atoms with Crippen molar-refractivity contribution in [2.75, 3.05) is 14.2 Å². The van der Waals surface area contributed by atoms with Gasteiger partial charge in [-0.1, -0.05) is 60.7 Å². The lowest BCUT2D eigenvalue weighted by atomic mass is 10.0. The zero-order valence-corrected chi connectivity index (χ0v) is 16.5. The van der Waals surface area contributed by atoms with Crippen LogP contribution in [0, 0.1) is 0 Å². The quantitative estimate of drug-likeness (QED) is 0.669. The number of methoxy groups -OCH3 is 1. The van der Waals surface area contributed by atoms with Gasteiger partial charge in [0.05, 0.1) is 7.11 Å². The largest absolute Gasteiger partial charge is 0.497 e. The number of amides is 2. The highest BCUT2D eigenvalue weighted by Gasteiger charge is 2.26. The lowest BCUT2D eigenvalue weighted by Crippen LogP contribution is -2.41. The number of benzene rings is 3. The van der Waals surface area contributed by atoms with Crippen molar-refractivity contribution < 1.29 is 14.3 Å². The van der Waals surface area contributed by atoms with Gasteiger partial charge >= 0.3 is 0 Å². The Balaban J connectivity index is 1.81. The van der Waals surface area contributed by atoms with E-state index in [4.69, 9.17) is 4.74 Å². The summed E-state index contributed by atoms with van der Waals surface area (Å²) in [7, 11) is 3.34. The Labute approximate surface area is 170 Å². The molecule has 0 bridgehead atoms. The van der Waals surface area contributed by atoms with Gasteiger partial charge in [0.15, 0.2) is 0 Å². The molecule has 1 unspecified atom stereocenters. The van der Waals surface area contributed by atoms with Gasteiger partial charge in [0, 0.05) is 19.2 Å². The average molecular weight is 388 g/mol. The molecular weight excluding hydrogens is 364 g/mol. The summed E-state index contributed by atoms with van der Waals surface area (Å²) in [5, 5.41) is 2.88. The summed E-state index contributed by atoms with van der Waals surface area (Å²) in [6.45, 7) is 0.403. The zero-order chi connectivity index (χ0) is 20.6. The second-order valence-corrected chi connectivity index (χ2v) is 6.73. The van der Waals surface area contributed by atoms with E-state index in [1.54, 1.807) is 43.3 Å². The maximum Gasteiger partial charge on any atom is 0.252 e. The number of ether oxygens (including phenoxy) is 1.